The first kappa shape index (κ1) is 17.1. The lowest BCUT2D eigenvalue weighted by Gasteiger charge is -2.03. The lowest BCUT2D eigenvalue weighted by molar-refractivity contribution is 1.35. The highest BCUT2D eigenvalue weighted by Crippen LogP contribution is 2.39. The molecule has 124 valence electrons. The third-order valence-corrected chi connectivity index (χ3v) is 5.03. The number of benzene rings is 2. The van der Waals surface area contributed by atoms with Crippen LogP contribution in [0.25, 0.3) is 26.6 Å². The van der Waals surface area contributed by atoms with E-state index in [1.54, 1.807) is 11.3 Å². The number of aromatic nitrogens is 1. The summed E-state index contributed by atoms with van der Waals surface area (Å²) in [5.74, 6) is 0. The van der Waals surface area contributed by atoms with Crippen molar-refractivity contribution >= 4 is 16.9 Å². The van der Waals surface area contributed by atoms with Crippen LogP contribution in [0, 0.1) is 6.92 Å². The molecule has 0 spiro atoms. The van der Waals surface area contributed by atoms with Crippen molar-refractivity contribution in [3.8, 4) is 21.0 Å². The summed E-state index contributed by atoms with van der Waals surface area (Å²) in [4.78, 5) is 6.16. The van der Waals surface area contributed by atoms with E-state index in [9.17, 15) is 0 Å². The second-order valence-electron chi connectivity index (χ2n) is 5.79. The Morgan fingerprint density at radius 3 is 2.36 bits per heavy atom. The van der Waals surface area contributed by atoms with Crippen molar-refractivity contribution in [3.05, 3.63) is 96.7 Å². The molecule has 2 aromatic carbocycles. The Kier molecular flexibility index (Phi) is 5.42. The fourth-order valence-electron chi connectivity index (χ4n) is 2.64. The van der Waals surface area contributed by atoms with Crippen molar-refractivity contribution in [1.29, 1.82) is 0 Å². The molecule has 0 aliphatic carbocycles. The van der Waals surface area contributed by atoms with Crippen LogP contribution in [-0.2, 0) is 0 Å². The van der Waals surface area contributed by atoms with E-state index in [0.29, 0.717) is 0 Å². The van der Waals surface area contributed by atoms with E-state index in [1.165, 1.54) is 16.0 Å². The Hall–Kier alpha value is -2.71. The average Bonchev–Trinajstić information content (AvgIpc) is 3.08. The van der Waals surface area contributed by atoms with Crippen LogP contribution in [0.5, 0.6) is 0 Å². The van der Waals surface area contributed by atoms with Crippen LogP contribution < -0.4 is 0 Å². The van der Waals surface area contributed by atoms with Crippen LogP contribution in [0.3, 0.4) is 0 Å². The topological polar surface area (TPSA) is 12.9 Å². The monoisotopic (exact) mass is 343 g/mol. The number of thiazole rings is 1. The second kappa shape index (κ2) is 7.91. The van der Waals surface area contributed by atoms with E-state index in [4.69, 9.17) is 4.98 Å². The lowest BCUT2D eigenvalue weighted by Crippen LogP contribution is -1.86. The molecule has 1 aromatic heterocycles. The number of hydrogen-bond donors (Lipinski definition) is 0. The smallest absolute Gasteiger partial charge is 0.124 e. The van der Waals surface area contributed by atoms with Crippen molar-refractivity contribution in [2.24, 2.45) is 0 Å². The van der Waals surface area contributed by atoms with E-state index < -0.39 is 0 Å². The molecule has 0 saturated carbocycles. The summed E-state index contributed by atoms with van der Waals surface area (Å²) in [7, 11) is 0. The summed E-state index contributed by atoms with van der Waals surface area (Å²) < 4.78 is 0. The van der Waals surface area contributed by atoms with Crippen LogP contribution >= 0.6 is 11.3 Å². The van der Waals surface area contributed by atoms with Crippen LogP contribution in [0.1, 0.15) is 18.2 Å². The summed E-state index contributed by atoms with van der Waals surface area (Å²) in [6, 6.07) is 19.0. The number of rotatable bonds is 5. The molecule has 0 bridgehead atoms. The van der Waals surface area contributed by atoms with Gasteiger partial charge in [-0.2, -0.15) is 0 Å². The quantitative estimate of drug-likeness (QED) is 0.458. The van der Waals surface area contributed by atoms with E-state index in [-0.39, 0.29) is 0 Å². The highest BCUT2D eigenvalue weighted by Gasteiger charge is 2.16. The highest BCUT2D eigenvalue weighted by molar-refractivity contribution is 7.18. The molecule has 2 heteroatoms. The van der Waals surface area contributed by atoms with Gasteiger partial charge in [0.25, 0.3) is 0 Å². The van der Waals surface area contributed by atoms with E-state index >= 15 is 0 Å². The van der Waals surface area contributed by atoms with Crippen LogP contribution in [0.2, 0.25) is 0 Å². The maximum Gasteiger partial charge on any atom is 0.124 e. The third kappa shape index (κ3) is 3.86. The van der Waals surface area contributed by atoms with Gasteiger partial charge in [-0.15, -0.1) is 11.3 Å². The van der Waals surface area contributed by atoms with Gasteiger partial charge in [-0.05, 0) is 19.4 Å². The molecule has 0 saturated heterocycles. The summed E-state index contributed by atoms with van der Waals surface area (Å²) in [5.41, 5.74) is 5.67. The molecule has 25 heavy (non-hydrogen) atoms. The third-order valence-electron chi connectivity index (χ3n) is 3.88. The van der Waals surface area contributed by atoms with Crippen molar-refractivity contribution in [1.82, 2.24) is 4.98 Å². The normalized spacial score (nSPS) is 11.8. The molecule has 0 amide bonds. The molecular weight excluding hydrogens is 322 g/mol. The maximum atomic E-state index is 4.98. The Bertz CT molecular complexity index is 912. The van der Waals surface area contributed by atoms with E-state index in [0.717, 1.165) is 21.8 Å². The van der Waals surface area contributed by atoms with Crippen molar-refractivity contribution in [2.45, 2.75) is 13.8 Å². The molecule has 0 fully saturated rings. The van der Waals surface area contributed by atoms with Gasteiger partial charge in [0.05, 0.1) is 10.6 Å². The van der Waals surface area contributed by atoms with Crippen molar-refractivity contribution < 1.29 is 0 Å². The first-order valence-electron chi connectivity index (χ1n) is 8.32. The molecule has 1 nitrogen and oxygen atoms in total. The predicted octanol–water partition coefficient (Wildman–Crippen LogP) is 6.93. The number of hydrogen-bond acceptors (Lipinski definition) is 2. The standard InChI is InChI=1S/C23H21NS/c1-4-9-18(10-5-2)21-22(19-11-7-6-8-12-19)25-23(24-21)20-15-13-17(3)14-16-20/h4-16H,1H2,2-3H3/b10-5-,18-9+. The number of allylic oxidation sites excluding steroid dienone is 5. The first-order valence-corrected chi connectivity index (χ1v) is 9.13. The Morgan fingerprint density at radius 2 is 1.72 bits per heavy atom. The number of aryl methyl sites for hydroxylation is 1. The van der Waals surface area contributed by atoms with E-state index in [2.05, 4.69) is 68.1 Å². The van der Waals surface area contributed by atoms with Crippen LogP contribution in [0.15, 0.2) is 85.5 Å². The zero-order valence-corrected chi connectivity index (χ0v) is 15.4. The highest BCUT2D eigenvalue weighted by atomic mass is 32.1. The molecule has 0 N–H and O–H groups in total. The molecule has 3 aromatic rings. The number of nitrogens with zero attached hydrogens (tertiary/aromatic N) is 1. The van der Waals surface area contributed by atoms with Gasteiger partial charge in [-0.1, -0.05) is 91.0 Å². The van der Waals surface area contributed by atoms with Crippen molar-refractivity contribution in [3.63, 3.8) is 0 Å². The molecule has 0 radical (unpaired) electrons. The fraction of sp³-hybridized carbons (Fsp3) is 0.0870. The summed E-state index contributed by atoms with van der Waals surface area (Å²) in [5, 5.41) is 1.04. The molecule has 0 unspecified atom stereocenters. The lowest BCUT2D eigenvalue weighted by atomic mass is 10.1. The van der Waals surface area contributed by atoms with E-state index in [1.807, 2.05) is 31.2 Å². The van der Waals surface area contributed by atoms with Gasteiger partial charge in [0.2, 0.25) is 0 Å². The van der Waals surface area contributed by atoms with Crippen LogP contribution in [0.4, 0.5) is 0 Å². The Morgan fingerprint density at radius 1 is 1.00 bits per heavy atom. The van der Waals surface area contributed by atoms with Gasteiger partial charge >= 0.3 is 0 Å². The minimum atomic E-state index is 1.00. The van der Waals surface area contributed by atoms with Gasteiger partial charge in [0.15, 0.2) is 0 Å². The van der Waals surface area contributed by atoms with Gasteiger partial charge in [0, 0.05) is 11.1 Å². The zero-order valence-electron chi connectivity index (χ0n) is 14.6. The molecule has 3 rings (SSSR count). The van der Waals surface area contributed by atoms with Gasteiger partial charge < -0.3 is 0 Å². The Balaban J connectivity index is 2.19. The first-order chi connectivity index (χ1) is 12.2. The summed E-state index contributed by atoms with van der Waals surface area (Å²) in [6.45, 7) is 7.97. The van der Waals surface area contributed by atoms with Crippen LogP contribution in [-0.4, -0.2) is 4.98 Å². The minimum Gasteiger partial charge on any atom is -0.235 e. The average molecular weight is 343 g/mol. The summed E-state index contributed by atoms with van der Waals surface area (Å²) in [6.07, 6.45) is 7.95. The predicted molar refractivity (Wildman–Crippen MR) is 111 cm³/mol. The van der Waals surface area contributed by atoms with Gasteiger partial charge in [0.1, 0.15) is 5.01 Å². The zero-order chi connectivity index (χ0) is 17.6. The summed E-state index contributed by atoms with van der Waals surface area (Å²) >= 11 is 1.73. The SMILES string of the molecule is C=C/C=C(\C=C/C)c1nc(-c2ccc(C)cc2)sc1-c1ccccc1. The largest absolute Gasteiger partial charge is 0.235 e. The van der Waals surface area contributed by atoms with Gasteiger partial charge in [-0.25, -0.2) is 4.98 Å². The molecule has 0 aliphatic rings. The molecule has 1 heterocycles. The Labute approximate surface area is 153 Å². The van der Waals surface area contributed by atoms with Gasteiger partial charge in [-0.3, -0.25) is 0 Å². The maximum absolute atomic E-state index is 4.98. The molecule has 0 atom stereocenters. The molecule has 0 aliphatic heterocycles. The second-order valence-corrected chi connectivity index (χ2v) is 6.79. The fourth-order valence-corrected chi connectivity index (χ4v) is 3.74. The van der Waals surface area contributed by atoms with Crippen molar-refractivity contribution in [2.75, 3.05) is 0 Å². The molecular formula is C23H21NS. The minimum absolute atomic E-state index is 1.00.